The van der Waals surface area contributed by atoms with Crippen molar-refractivity contribution in [2.45, 2.75) is 64.8 Å². The van der Waals surface area contributed by atoms with Gasteiger partial charge in [-0.15, -0.1) is 0 Å². The van der Waals surface area contributed by atoms with Gasteiger partial charge in [-0.3, -0.25) is 0 Å². The molecule has 6 nitrogen and oxygen atoms in total. The quantitative estimate of drug-likeness (QED) is 0.854. The molecule has 1 aromatic rings. The van der Waals surface area contributed by atoms with Crippen LogP contribution in [-0.4, -0.2) is 44.8 Å². The molecule has 2 heterocycles. The number of carbonyl (C=O) groups is 1. The van der Waals surface area contributed by atoms with Crippen LogP contribution >= 0.6 is 0 Å². The van der Waals surface area contributed by atoms with E-state index in [9.17, 15) is 4.79 Å². The third-order valence-electron chi connectivity index (χ3n) is 4.41. The largest absolute Gasteiger partial charge is 0.444 e. The van der Waals surface area contributed by atoms with Crippen molar-refractivity contribution < 1.29 is 14.3 Å². The Balaban J connectivity index is 1.89. The third-order valence-corrected chi connectivity index (χ3v) is 4.41. The van der Waals surface area contributed by atoms with Crippen molar-refractivity contribution in [3.05, 3.63) is 18.2 Å². The Hall–Kier alpha value is -1.56. The fraction of sp³-hybridized carbons (Fsp3) is 0.765. The lowest BCUT2D eigenvalue weighted by Crippen LogP contribution is -2.49. The summed E-state index contributed by atoms with van der Waals surface area (Å²) in [6.07, 6.45) is 5.99. The second-order valence-corrected chi connectivity index (χ2v) is 7.29. The average Bonchev–Trinajstić information content (AvgIpc) is 2.89. The molecule has 0 atom stereocenters. The molecule has 0 aromatic carbocycles. The van der Waals surface area contributed by atoms with Crippen LogP contribution in [0.2, 0.25) is 0 Å². The summed E-state index contributed by atoms with van der Waals surface area (Å²) in [7, 11) is 1.97. The summed E-state index contributed by atoms with van der Waals surface area (Å²) in [6, 6.07) is 0. The van der Waals surface area contributed by atoms with Crippen molar-refractivity contribution in [1.29, 1.82) is 0 Å². The molecule has 1 saturated heterocycles. The fourth-order valence-electron chi connectivity index (χ4n) is 2.77. The van der Waals surface area contributed by atoms with Crippen LogP contribution < -0.4 is 0 Å². The lowest BCUT2D eigenvalue weighted by atomic mass is 9.88. The predicted molar refractivity (Wildman–Crippen MR) is 88.1 cm³/mol. The Kier molecular flexibility index (Phi) is 5.34. The number of hydrogen-bond acceptors (Lipinski definition) is 4. The number of likely N-dealkylation sites (tertiary alicyclic amines) is 1. The maximum absolute atomic E-state index is 12.2. The number of ether oxygens (including phenoxy) is 2. The number of piperidine rings is 1. The smallest absolute Gasteiger partial charge is 0.410 e. The number of hydrogen-bond donors (Lipinski definition) is 0. The van der Waals surface area contributed by atoms with Crippen molar-refractivity contribution >= 4 is 6.09 Å². The normalized spacial score (nSPS) is 18.0. The Morgan fingerprint density at radius 1 is 1.35 bits per heavy atom. The third kappa shape index (κ3) is 4.70. The van der Waals surface area contributed by atoms with Gasteiger partial charge in [0.25, 0.3) is 0 Å². The summed E-state index contributed by atoms with van der Waals surface area (Å²) in [4.78, 5) is 18.1. The van der Waals surface area contributed by atoms with Crippen molar-refractivity contribution in [2.24, 2.45) is 7.05 Å². The van der Waals surface area contributed by atoms with Crippen LogP contribution in [-0.2, 0) is 23.1 Å². The van der Waals surface area contributed by atoms with Crippen LogP contribution in [0.1, 0.15) is 52.7 Å². The highest BCUT2D eigenvalue weighted by Crippen LogP contribution is 2.31. The van der Waals surface area contributed by atoms with Gasteiger partial charge in [-0.25, -0.2) is 9.78 Å². The van der Waals surface area contributed by atoms with E-state index in [1.807, 2.05) is 38.6 Å². The minimum atomic E-state index is -0.452. The number of amides is 1. The first-order chi connectivity index (χ1) is 10.7. The van der Waals surface area contributed by atoms with Crippen LogP contribution in [0.4, 0.5) is 4.79 Å². The molecule has 1 fully saturated rings. The fourth-order valence-corrected chi connectivity index (χ4v) is 2.77. The Labute approximate surface area is 138 Å². The molecule has 0 unspecified atom stereocenters. The van der Waals surface area contributed by atoms with Gasteiger partial charge in [-0.05, 0) is 40.0 Å². The van der Waals surface area contributed by atoms with Crippen molar-refractivity contribution in [2.75, 3.05) is 13.1 Å². The van der Waals surface area contributed by atoms with E-state index in [1.165, 1.54) is 0 Å². The average molecular weight is 323 g/mol. The van der Waals surface area contributed by atoms with E-state index < -0.39 is 5.60 Å². The molecule has 0 aliphatic carbocycles. The van der Waals surface area contributed by atoms with Crippen LogP contribution in [0.25, 0.3) is 0 Å². The first kappa shape index (κ1) is 17.8. The maximum atomic E-state index is 12.2. The molecule has 6 heteroatoms. The molecule has 1 aliphatic rings. The molecule has 0 spiro atoms. The van der Waals surface area contributed by atoms with Gasteiger partial charge in [0.05, 0.1) is 30.4 Å². The minimum absolute atomic E-state index is 0.164. The van der Waals surface area contributed by atoms with E-state index in [0.29, 0.717) is 19.7 Å². The standard InChI is InChI=1S/C17H29N3O3/c1-6-17(22-12-14-11-18-13-19(14)5)7-9-20(10-8-17)15(21)23-16(2,3)4/h11,13H,6-10,12H2,1-5H3. The summed E-state index contributed by atoms with van der Waals surface area (Å²) in [6.45, 7) is 9.72. The number of carbonyl (C=O) groups excluding carboxylic acids is 1. The number of rotatable bonds is 4. The van der Waals surface area contributed by atoms with Crippen LogP contribution in [0, 0.1) is 0 Å². The molecule has 0 bridgehead atoms. The van der Waals surface area contributed by atoms with Gasteiger partial charge in [0.2, 0.25) is 0 Å². The molecule has 0 saturated carbocycles. The summed E-state index contributed by atoms with van der Waals surface area (Å²) in [5.41, 5.74) is 0.447. The van der Waals surface area contributed by atoms with Crippen molar-refractivity contribution in [3.63, 3.8) is 0 Å². The molecule has 2 rings (SSSR count). The Morgan fingerprint density at radius 3 is 2.48 bits per heavy atom. The molecule has 0 N–H and O–H groups in total. The van der Waals surface area contributed by atoms with Crippen molar-refractivity contribution in [1.82, 2.24) is 14.5 Å². The maximum Gasteiger partial charge on any atom is 0.410 e. The highest BCUT2D eigenvalue weighted by Gasteiger charge is 2.36. The number of imidazole rings is 1. The highest BCUT2D eigenvalue weighted by molar-refractivity contribution is 5.68. The lowest BCUT2D eigenvalue weighted by Gasteiger charge is -2.41. The predicted octanol–water partition coefficient (Wildman–Crippen LogP) is 3.12. The number of aryl methyl sites for hydroxylation is 1. The zero-order valence-corrected chi connectivity index (χ0v) is 15.0. The number of nitrogens with zero attached hydrogens (tertiary/aromatic N) is 3. The van der Waals surface area contributed by atoms with Crippen LogP contribution in [0.15, 0.2) is 12.5 Å². The highest BCUT2D eigenvalue weighted by atomic mass is 16.6. The summed E-state index contributed by atoms with van der Waals surface area (Å²) in [5, 5.41) is 0. The van der Waals surface area contributed by atoms with Gasteiger partial charge in [-0.1, -0.05) is 6.92 Å². The molecule has 0 radical (unpaired) electrons. The Bertz CT molecular complexity index is 525. The molecule has 1 amide bonds. The first-order valence-corrected chi connectivity index (χ1v) is 8.32. The lowest BCUT2D eigenvalue weighted by molar-refractivity contribution is -0.0968. The summed E-state index contributed by atoms with van der Waals surface area (Å²) < 4.78 is 13.7. The molecular weight excluding hydrogens is 294 g/mol. The van der Waals surface area contributed by atoms with Gasteiger partial charge < -0.3 is 18.9 Å². The zero-order chi connectivity index (χ0) is 17.1. The van der Waals surface area contributed by atoms with E-state index in [-0.39, 0.29) is 11.7 Å². The molecular formula is C17H29N3O3. The van der Waals surface area contributed by atoms with E-state index in [1.54, 1.807) is 11.2 Å². The summed E-state index contributed by atoms with van der Waals surface area (Å²) in [5.74, 6) is 0. The van der Waals surface area contributed by atoms with E-state index >= 15 is 0 Å². The second kappa shape index (κ2) is 6.91. The molecule has 1 aromatic heterocycles. The molecule has 23 heavy (non-hydrogen) atoms. The molecule has 130 valence electrons. The molecule has 1 aliphatic heterocycles. The number of aromatic nitrogens is 2. The second-order valence-electron chi connectivity index (χ2n) is 7.29. The van der Waals surface area contributed by atoms with E-state index in [0.717, 1.165) is 25.0 Å². The van der Waals surface area contributed by atoms with E-state index in [4.69, 9.17) is 9.47 Å². The van der Waals surface area contributed by atoms with Crippen LogP contribution in [0.5, 0.6) is 0 Å². The van der Waals surface area contributed by atoms with Gasteiger partial charge in [0.15, 0.2) is 0 Å². The van der Waals surface area contributed by atoms with Gasteiger partial charge in [-0.2, -0.15) is 0 Å². The Morgan fingerprint density at radius 2 is 2.00 bits per heavy atom. The van der Waals surface area contributed by atoms with Crippen molar-refractivity contribution in [3.8, 4) is 0 Å². The topological polar surface area (TPSA) is 56.6 Å². The summed E-state index contributed by atoms with van der Waals surface area (Å²) >= 11 is 0. The van der Waals surface area contributed by atoms with Gasteiger partial charge in [0, 0.05) is 20.1 Å². The first-order valence-electron chi connectivity index (χ1n) is 8.32. The van der Waals surface area contributed by atoms with Gasteiger partial charge in [0.1, 0.15) is 5.60 Å². The SMILES string of the molecule is CCC1(OCc2cncn2C)CCN(C(=O)OC(C)(C)C)CC1. The van der Waals surface area contributed by atoms with Crippen LogP contribution in [0.3, 0.4) is 0 Å². The van der Waals surface area contributed by atoms with E-state index in [2.05, 4.69) is 11.9 Å². The minimum Gasteiger partial charge on any atom is -0.444 e. The monoisotopic (exact) mass is 323 g/mol. The van der Waals surface area contributed by atoms with Gasteiger partial charge >= 0.3 is 6.09 Å². The zero-order valence-electron chi connectivity index (χ0n) is 15.0.